The lowest BCUT2D eigenvalue weighted by molar-refractivity contribution is -0.117. The zero-order chi connectivity index (χ0) is 24.3. The molecule has 0 unspecified atom stereocenters. The van der Waals surface area contributed by atoms with Gasteiger partial charge in [-0.15, -0.1) is 0 Å². The second kappa shape index (κ2) is 13.1. The summed E-state index contributed by atoms with van der Waals surface area (Å²) in [6.45, 7) is 2.69. The topological polar surface area (TPSA) is 55.6 Å². The number of rotatable bonds is 12. The van der Waals surface area contributed by atoms with Gasteiger partial charge < -0.3 is 10.5 Å². The summed E-state index contributed by atoms with van der Waals surface area (Å²) < 4.78 is 6.06. The minimum Gasteiger partial charge on any atom is -0.494 e. The molecule has 184 valence electrons. The van der Waals surface area contributed by atoms with Crippen LogP contribution in [0.25, 0.3) is 0 Å². The van der Waals surface area contributed by atoms with E-state index in [1.807, 2.05) is 24.3 Å². The predicted octanol–water partition coefficient (Wildman–Crippen LogP) is 5.95. The lowest BCUT2D eigenvalue weighted by atomic mass is 9.88. The Labute approximate surface area is 210 Å². The molecule has 1 aliphatic carbocycles. The maximum absolute atomic E-state index is 11.2. The van der Waals surface area contributed by atoms with Gasteiger partial charge in [-0.3, -0.25) is 9.69 Å². The molecule has 3 aromatic rings. The van der Waals surface area contributed by atoms with E-state index in [1.54, 1.807) is 0 Å². The van der Waals surface area contributed by atoms with E-state index in [0.29, 0.717) is 18.6 Å². The van der Waals surface area contributed by atoms with Crippen molar-refractivity contribution in [3.05, 3.63) is 102 Å². The lowest BCUT2D eigenvalue weighted by Crippen LogP contribution is -2.40. The molecular weight excluding hydrogens is 432 g/mol. The summed E-state index contributed by atoms with van der Waals surface area (Å²) >= 11 is 0. The van der Waals surface area contributed by atoms with Gasteiger partial charge in [-0.2, -0.15) is 0 Å². The normalized spacial score (nSPS) is 14.3. The first-order valence-corrected chi connectivity index (χ1v) is 13.0. The summed E-state index contributed by atoms with van der Waals surface area (Å²) in [6.07, 6.45) is 7.78. The average molecular weight is 471 g/mol. The number of nitrogens with zero attached hydrogens (tertiary/aromatic N) is 1. The van der Waals surface area contributed by atoms with Crippen molar-refractivity contribution in [2.75, 3.05) is 19.7 Å². The van der Waals surface area contributed by atoms with Gasteiger partial charge in [0, 0.05) is 25.0 Å². The Hall–Kier alpha value is -3.11. The van der Waals surface area contributed by atoms with Crippen LogP contribution in [0.1, 0.15) is 61.1 Å². The van der Waals surface area contributed by atoms with Crippen LogP contribution in [0, 0.1) is 0 Å². The second-order valence-electron chi connectivity index (χ2n) is 9.65. The molecule has 1 amide bonds. The number of carbonyl (C=O) groups excluding carboxylic acids is 1. The molecule has 4 heteroatoms. The Bertz CT molecular complexity index is 993. The number of hydrogen-bond donors (Lipinski definition) is 1. The molecule has 2 N–H and O–H groups in total. The van der Waals surface area contributed by atoms with Crippen LogP contribution in [0.5, 0.6) is 5.75 Å². The van der Waals surface area contributed by atoms with Crippen LogP contribution < -0.4 is 10.5 Å². The van der Waals surface area contributed by atoms with E-state index in [0.717, 1.165) is 30.8 Å². The third-order valence-electron chi connectivity index (χ3n) is 7.05. The van der Waals surface area contributed by atoms with E-state index >= 15 is 0 Å². The molecule has 0 radical (unpaired) electrons. The summed E-state index contributed by atoms with van der Waals surface area (Å²) in [4.78, 5) is 14.0. The number of amides is 1. The summed E-state index contributed by atoms with van der Waals surface area (Å²) in [6, 6.07) is 30.2. The van der Waals surface area contributed by atoms with Crippen LogP contribution in [0.4, 0.5) is 0 Å². The summed E-state index contributed by atoms with van der Waals surface area (Å²) in [5, 5.41) is 0. The number of primary amides is 1. The first kappa shape index (κ1) is 25.0. The first-order valence-electron chi connectivity index (χ1n) is 13.0. The van der Waals surface area contributed by atoms with Crippen LogP contribution in [0.2, 0.25) is 0 Å². The smallest absolute Gasteiger partial charge is 0.221 e. The molecule has 0 spiro atoms. The molecule has 4 nitrogen and oxygen atoms in total. The summed E-state index contributed by atoms with van der Waals surface area (Å²) in [7, 11) is 0. The predicted molar refractivity (Wildman–Crippen MR) is 143 cm³/mol. The van der Waals surface area contributed by atoms with E-state index < -0.39 is 0 Å². The molecule has 0 saturated heterocycles. The number of benzene rings is 3. The van der Waals surface area contributed by atoms with Gasteiger partial charge >= 0.3 is 0 Å². The summed E-state index contributed by atoms with van der Waals surface area (Å²) in [5.41, 5.74) is 8.99. The maximum atomic E-state index is 11.2. The molecular formula is C31H38N2O2. The average Bonchev–Trinajstić information content (AvgIpc) is 2.90. The highest BCUT2D eigenvalue weighted by Crippen LogP contribution is 2.30. The fraction of sp³-hybridized carbons (Fsp3) is 0.387. The molecule has 4 rings (SSSR count). The highest BCUT2D eigenvalue weighted by atomic mass is 16.5. The van der Waals surface area contributed by atoms with Crippen LogP contribution >= 0.6 is 0 Å². The fourth-order valence-electron chi connectivity index (χ4n) is 5.28. The Kier molecular flexibility index (Phi) is 9.36. The van der Waals surface area contributed by atoms with Crippen molar-refractivity contribution in [2.45, 2.75) is 56.9 Å². The minimum absolute atomic E-state index is 0.243. The molecule has 1 aliphatic rings. The third kappa shape index (κ3) is 7.69. The standard InChI is InChI=1S/C31H38N2O2/c32-31(34)23-25-12-10-19-29(22-25)35-21-11-20-33(28-17-8-3-9-18-28)24-30(26-13-4-1-5-14-26)27-15-6-2-7-16-27/h1-2,4-7,10,12-16,19,22,28,30H,3,8-9,11,17-18,20-21,23-24H2,(H2,32,34). The van der Waals surface area contributed by atoms with Gasteiger partial charge in [0.15, 0.2) is 0 Å². The van der Waals surface area contributed by atoms with Gasteiger partial charge in [-0.05, 0) is 48.1 Å². The largest absolute Gasteiger partial charge is 0.494 e. The summed E-state index contributed by atoms with van der Waals surface area (Å²) in [5.74, 6) is 0.835. The molecule has 0 aliphatic heterocycles. The Morgan fingerprint density at radius 3 is 2.17 bits per heavy atom. The Balaban J connectivity index is 1.42. The Morgan fingerprint density at radius 2 is 1.54 bits per heavy atom. The number of carbonyl (C=O) groups is 1. The van der Waals surface area contributed by atoms with Crippen LogP contribution in [-0.2, 0) is 11.2 Å². The monoisotopic (exact) mass is 470 g/mol. The van der Waals surface area contributed by atoms with Gasteiger partial charge in [0.25, 0.3) is 0 Å². The molecule has 3 aromatic carbocycles. The lowest BCUT2D eigenvalue weighted by Gasteiger charge is -2.37. The Morgan fingerprint density at radius 1 is 0.886 bits per heavy atom. The first-order chi connectivity index (χ1) is 17.2. The van der Waals surface area contributed by atoms with Gasteiger partial charge in [0.05, 0.1) is 13.0 Å². The molecule has 0 atom stereocenters. The second-order valence-corrected chi connectivity index (χ2v) is 9.65. The van der Waals surface area contributed by atoms with E-state index in [-0.39, 0.29) is 12.3 Å². The van der Waals surface area contributed by atoms with Crippen LogP contribution in [0.15, 0.2) is 84.9 Å². The maximum Gasteiger partial charge on any atom is 0.221 e. The van der Waals surface area contributed by atoms with Crippen molar-refractivity contribution < 1.29 is 9.53 Å². The minimum atomic E-state index is -0.323. The van der Waals surface area contributed by atoms with Crippen molar-refractivity contribution >= 4 is 5.91 Å². The molecule has 0 heterocycles. The highest BCUT2D eigenvalue weighted by molar-refractivity contribution is 5.76. The van der Waals surface area contributed by atoms with Gasteiger partial charge in [0.1, 0.15) is 5.75 Å². The fourth-order valence-corrected chi connectivity index (χ4v) is 5.28. The zero-order valence-corrected chi connectivity index (χ0v) is 20.6. The zero-order valence-electron chi connectivity index (χ0n) is 20.6. The number of ether oxygens (including phenoxy) is 1. The van der Waals surface area contributed by atoms with Crippen LogP contribution in [0.3, 0.4) is 0 Å². The molecule has 1 fully saturated rings. The van der Waals surface area contributed by atoms with Gasteiger partial charge in [-0.1, -0.05) is 92.1 Å². The highest BCUT2D eigenvalue weighted by Gasteiger charge is 2.25. The number of nitrogens with two attached hydrogens (primary N) is 1. The van der Waals surface area contributed by atoms with Crippen molar-refractivity contribution in [3.63, 3.8) is 0 Å². The van der Waals surface area contributed by atoms with E-state index in [9.17, 15) is 4.79 Å². The van der Waals surface area contributed by atoms with E-state index in [1.165, 1.54) is 43.2 Å². The van der Waals surface area contributed by atoms with Gasteiger partial charge in [0.2, 0.25) is 5.91 Å². The van der Waals surface area contributed by atoms with Crippen molar-refractivity contribution in [3.8, 4) is 5.75 Å². The molecule has 35 heavy (non-hydrogen) atoms. The van der Waals surface area contributed by atoms with Crippen molar-refractivity contribution in [1.29, 1.82) is 0 Å². The van der Waals surface area contributed by atoms with E-state index in [4.69, 9.17) is 10.5 Å². The van der Waals surface area contributed by atoms with E-state index in [2.05, 4.69) is 65.6 Å². The van der Waals surface area contributed by atoms with Crippen molar-refractivity contribution in [2.24, 2.45) is 5.73 Å². The third-order valence-corrected chi connectivity index (χ3v) is 7.05. The van der Waals surface area contributed by atoms with Gasteiger partial charge in [-0.25, -0.2) is 0 Å². The van der Waals surface area contributed by atoms with Crippen LogP contribution in [-0.4, -0.2) is 36.5 Å². The molecule has 0 aromatic heterocycles. The quantitative estimate of drug-likeness (QED) is 0.333. The van der Waals surface area contributed by atoms with Crippen molar-refractivity contribution in [1.82, 2.24) is 4.90 Å². The molecule has 0 bridgehead atoms. The molecule has 1 saturated carbocycles. The number of hydrogen-bond acceptors (Lipinski definition) is 3. The SMILES string of the molecule is NC(=O)Cc1cccc(OCCCN(CC(c2ccccc2)c2ccccc2)C2CCCCC2)c1.